The standard InChI is InChI=1S/C23H28N2O.C4H4O4/c26-23(21-8-7-20-10-13-24-22(20)16-21)9-6-18-11-14-25(15-12-18)17-19-4-2-1-3-5-19;5-3(6)1-2-4(7)8/h1-5,7-8,16,18,24H,6,9-15,17H2;1-2H,(H,5,6)(H,7,8)/b;2-1+. The predicted molar refractivity (Wildman–Crippen MR) is 131 cm³/mol. The van der Waals surface area contributed by atoms with Gasteiger partial charge in [0, 0.05) is 42.9 Å². The number of carboxylic acids is 2. The first-order valence-electron chi connectivity index (χ1n) is 11.7. The van der Waals surface area contributed by atoms with Crippen LogP contribution in [0.25, 0.3) is 0 Å². The lowest BCUT2D eigenvalue weighted by Crippen LogP contribution is -2.33. The van der Waals surface area contributed by atoms with Gasteiger partial charge in [-0.05, 0) is 61.9 Å². The van der Waals surface area contributed by atoms with E-state index in [2.05, 4.69) is 46.6 Å². The molecule has 0 unspecified atom stereocenters. The van der Waals surface area contributed by atoms with Crippen molar-refractivity contribution in [3.05, 3.63) is 77.4 Å². The van der Waals surface area contributed by atoms with E-state index in [0.717, 1.165) is 50.3 Å². The number of piperidine rings is 1. The molecule has 2 aromatic rings. The Morgan fingerprint density at radius 2 is 1.65 bits per heavy atom. The highest BCUT2D eigenvalue weighted by Gasteiger charge is 2.21. The molecule has 7 heteroatoms. The Morgan fingerprint density at radius 3 is 2.29 bits per heavy atom. The average molecular weight is 465 g/mol. The van der Waals surface area contributed by atoms with Crippen molar-refractivity contribution in [2.75, 3.05) is 25.0 Å². The first-order valence-corrected chi connectivity index (χ1v) is 11.7. The molecular formula is C27H32N2O5. The van der Waals surface area contributed by atoms with Crippen molar-refractivity contribution < 1.29 is 24.6 Å². The van der Waals surface area contributed by atoms with Crippen LogP contribution < -0.4 is 5.32 Å². The minimum atomic E-state index is -1.26. The van der Waals surface area contributed by atoms with Gasteiger partial charge >= 0.3 is 11.9 Å². The molecule has 0 spiro atoms. The zero-order valence-electron chi connectivity index (χ0n) is 19.3. The molecule has 1 fully saturated rings. The lowest BCUT2D eigenvalue weighted by Gasteiger charge is -2.32. The van der Waals surface area contributed by atoms with E-state index in [4.69, 9.17) is 10.2 Å². The summed E-state index contributed by atoms with van der Waals surface area (Å²) in [6.07, 6.45) is 6.33. The summed E-state index contributed by atoms with van der Waals surface area (Å²) in [5.41, 5.74) is 4.77. The van der Waals surface area contributed by atoms with Crippen LogP contribution in [0.15, 0.2) is 60.7 Å². The molecule has 2 aliphatic heterocycles. The molecule has 4 rings (SSSR count). The van der Waals surface area contributed by atoms with Crippen LogP contribution in [0.1, 0.15) is 47.2 Å². The molecule has 0 aliphatic carbocycles. The number of ketones is 1. The van der Waals surface area contributed by atoms with Crippen molar-refractivity contribution in [2.45, 2.75) is 38.6 Å². The normalized spacial score (nSPS) is 15.8. The highest BCUT2D eigenvalue weighted by Crippen LogP contribution is 2.26. The summed E-state index contributed by atoms with van der Waals surface area (Å²) in [7, 11) is 0. The third kappa shape index (κ3) is 8.15. The fourth-order valence-electron chi connectivity index (χ4n) is 4.36. The van der Waals surface area contributed by atoms with Crippen LogP contribution >= 0.6 is 0 Å². The summed E-state index contributed by atoms with van der Waals surface area (Å²) in [4.78, 5) is 34.2. The fourth-order valence-corrected chi connectivity index (χ4v) is 4.36. The molecule has 0 aromatic heterocycles. The Balaban J connectivity index is 0.000000350. The summed E-state index contributed by atoms with van der Waals surface area (Å²) in [6, 6.07) is 16.9. The number of hydrogen-bond acceptors (Lipinski definition) is 5. The lowest BCUT2D eigenvalue weighted by molar-refractivity contribution is -0.134. The van der Waals surface area contributed by atoms with Crippen molar-refractivity contribution in [3.8, 4) is 0 Å². The monoisotopic (exact) mass is 464 g/mol. The number of carbonyl (C=O) groups is 3. The number of carboxylic acid groups (broad SMARTS) is 2. The Kier molecular flexibility index (Phi) is 9.40. The Morgan fingerprint density at radius 1 is 0.971 bits per heavy atom. The number of nitrogens with one attached hydrogen (secondary N) is 1. The number of nitrogens with zero attached hydrogens (tertiary/aromatic N) is 1. The highest BCUT2D eigenvalue weighted by molar-refractivity contribution is 5.97. The van der Waals surface area contributed by atoms with Gasteiger partial charge in [-0.1, -0.05) is 42.5 Å². The van der Waals surface area contributed by atoms with Crippen molar-refractivity contribution in [1.82, 2.24) is 4.90 Å². The summed E-state index contributed by atoms with van der Waals surface area (Å²) >= 11 is 0. The van der Waals surface area contributed by atoms with Crippen LogP contribution in [-0.2, 0) is 22.6 Å². The van der Waals surface area contributed by atoms with Crippen LogP contribution in [-0.4, -0.2) is 52.5 Å². The Labute approximate surface area is 200 Å². The number of aliphatic carboxylic acids is 2. The van der Waals surface area contributed by atoms with Gasteiger partial charge in [0.15, 0.2) is 5.78 Å². The van der Waals surface area contributed by atoms with Crippen molar-refractivity contribution in [3.63, 3.8) is 0 Å². The van der Waals surface area contributed by atoms with E-state index in [1.165, 1.54) is 24.0 Å². The predicted octanol–water partition coefficient (Wildman–Crippen LogP) is 4.24. The van der Waals surface area contributed by atoms with Gasteiger partial charge in [-0.25, -0.2) is 9.59 Å². The number of carbonyl (C=O) groups excluding carboxylic acids is 1. The van der Waals surface area contributed by atoms with Crippen molar-refractivity contribution in [2.24, 2.45) is 5.92 Å². The van der Waals surface area contributed by atoms with Crippen LogP contribution in [0.2, 0.25) is 0 Å². The minimum Gasteiger partial charge on any atom is -0.478 e. The second kappa shape index (κ2) is 12.7. The molecule has 2 aliphatic rings. The minimum absolute atomic E-state index is 0.299. The molecule has 1 saturated heterocycles. The van der Waals surface area contributed by atoms with E-state index in [1.54, 1.807) is 0 Å². The summed E-state index contributed by atoms with van der Waals surface area (Å²) in [5, 5.41) is 19.0. The van der Waals surface area contributed by atoms with Gasteiger partial charge in [0.1, 0.15) is 0 Å². The topological polar surface area (TPSA) is 107 Å². The molecule has 0 atom stereocenters. The molecule has 0 saturated carbocycles. The average Bonchev–Trinajstić information content (AvgIpc) is 3.31. The molecule has 7 nitrogen and oxygen atoms in total. The van der Waals surface area contributed by atoms with Gasteiger partial charge in [0.05, 0.1) is 0 Å². The molecule has 2 aromatic carbocycles. The maximum Gasteiger partial charge on any atom is 0.328 e. The van der Waals surface area contributed by atoms with Crippen molar-refractivity contribution >= 4 is 23.4 Å². The van der Waals surface area contributed by atoms with E-state index in [9.17, 15) is 14.4 Å². The molecule has 34 heavy (non-hydrogen) atoms. The van der Waals surface area contributed by atoms with Crippen LogP contribution in [0, 0.1) is 5.92 Å². The van der Waals surface area contributed by atoms with E-state index < -0.39 is 11.9 Å². The molecule has 0 bridgehead atoms. The van der Waals surface area contributed by atoms with E-state index >= 15 is 0 Å². The second-order valence-corrected chi connectivity index (χ2v) is 8.73. The number of hydrogen-bond donors (Lipinski definition) is 3. The molecular weight excluding hydrogens is 432 g/mol. The quantitative estimate of drug-likeness (QED) is 0.396. The maximum absolute atomic E-state index is 12.6. The van der Waals surface area contributed by atoms with Crippen LogP contribution in [0.4, 0.5) is 5.69 Å². The summed E-state index contributed by atoms with van der Waals surface area (Å²) in [6.45, 7) is 4.34. The van der Waals surface area contributed by atoms with E-state index in [1.807, 2.05) is 12.1 Å². The number of anilines is 1. The van der Waals surface area contributed by atoms with Gasteiger partial charge in [-0.15, -0.1) is 0 Å². The zero-order valence-corrected chi connectivity index (χ0v) is 19.3. The van der Waals surface area contributed by atoms with Crippen LogP contribution in [0.3, 0.4) is 0 Å². The number of likely N-dealkylation sites (tertiary alicyclic amines) is 1. The molecule has 2 heterocycles. The Hall–Kier alpha value is -3.45. The second-order valence-electron chi connectivity index (χ2n) is 8.73. The fraction of sp³-hybridized carbons (Fsp3) is 0.370. The van der Waals surface area contributed by atoms with E-state index in [0.29, 0.717) is 30.3 Å². The first kappa shape index (κ1) is 25.2. The third-order valence-electron chi connectivity index (χ3n) is 6.25. The number of benzene rings is 2. The third-order valence-corrected chi connectivity index (χ3v) is 6.25. The highest BCUT2D eigenvalue weighted by atomic mass is 16.4. The van der Waals surface area contributed by atoms with E-state index in [-0.39, 0.29) is 0 Å². The zero-order chi connectivity index (χ0) is 24.3. The SMILES string of the molecule is O=C(CCC1CCN(Cc2ccccc2)CC1)c1ccc2c(c1)NCC2.O=C(O)/C=C/C(=O)O. The number of rotatable bonds is 8. The number of Topliss-reactive ketones (excluding diaryl/α,β-unsaturated/α-hetero) is 1. The first-order chi connectivity index (χ1) is 16.4. The molecule has 3 N–H and O–H groups in total. The lowest BCUT2D eigenvalue weighted by atomic mass is 9.90. The largest absolute Gasteiger partial charge is 0.478 e. The summed E-state index contributed by atoms with van der Waals surface area (Å²) in [5.74, 6) is -1.52. The van der Waals surface area contributed by atoms with Crippen LogP contribution in [0.5, 0.6) is 0 Å². The molecule has 0 radical (unpaired) electrons. The summed E-state index contributed by atoms with van der Waals surface area (Å²) < 4.78 is 0. The molecule has 180 valence electrons. The smallest absolute Gasteiger partial charge is 0.328 e. The van der Waals surface area contributed by atoms with Gasteiger partial charge in [0.2, 0.25) is 0 Å². The van der Waals surface area contributed by atoms with Crippen molar-refractivity contribution in [1.29, 1.82) is 0 Å². The van der Waals surface area contributed by atoms with Gasteiger partial charge in [-0.2, -0.15) is 0 Å². The van der Waals surface area contributed by atoms with Gasteiger partial charge in [-0.3, -0.25) is 9.69 Å². The Bertz CT molecular complexity index is 995. The molecule has 0 amide bonds. The maximum atomic E-state index is 12.6. The van der Waals surface area contributed by atoms with Gasteiger partial charge in [0.25, 0.3) is 0 Å². The van der Waals surface area contributed by atoms with Gasteiger partial charge < -0.3 is 15.5 Å². The number of fused-ring (bicyclic) bond motifs is 1.